The summed E-state index contributed by atoms with van der Waals surface area (Å²) in [5, 5.41) is 8.58. The molecule has 0 amide bonds. The third-order valence-electron chi connectivity index (χ3n) is 2.41. The Morgan fingerprint density at radius 3 is 2.50 bits per heavy atom. The summed E-state index contributed by atoms with van der Waals surface area (Å²) >= 11 is 1.57. The number of aromatic nitrogens is 1. The first kappa shape index (κ1) is 16.9. The molecule has 1 aromatic heterocycles. The van der Waals surface area contributed by atoms with Crippen LogP contribution in [0.25, 0.3) is 10.6 Å². The van der Waals surface area contributed by atoms with Crippen molar-refractivity contribution in [1.29, 1.82) is 0 Å². The van der Waals surface area contributed by atoms with Gasteiger partial charge in [-0.1, -0.05) is 5.56 Å². The summed E-state index contributed by atoms with van der Waals surface area (Å²) in [6.45, 7) is 3.80. The molecule has 0 fully saturated rings. The second-order valence-corrected chi connectivity index (χ2v) is 4.93. The molecule has 1 aromatic carbocycles. The van der Waals surface area contributed by atoms with Gasteiger partial charge in [0.2, 0.25) is 5.96 Å². The number of hydrogen-bond donors (Lipinski definition) is 2. The van der Waals surface area contributed by atoms with Crippen LogP contribution in [0, 0.1) is 13.0 Å². The Morgan fingerprint density at radius 2 is 1.90 bits per heavy atom. The molecule has 101 valence electrons. The van der Waals surface area contributed by atoms with Crippen molar-refractivity contribution in [2.75, 3.05) is 0 Å². The minimum atomic E-state index is -0.0552. The molecule has 0 unspecified atom stereocenters. The van der Waals surface area contributed by atoms with Crippen LogP contribution in [0.4, 0.5) is 0 Å². The summed E-state index contributed by atoms with van der Waals surface area (Å²) in [4.78, 5) is 5.52. The number of nitrogens with two attached hydrogens (primary N) is 2. The number of thiazole rings is 1. The molecule has 2 rings (SSSR count). The number of benzene rings is 1. The molecular formula is C13H14N5SY-. The molecule has 0 spiro atoms. The zero-order chi connectivity index (χ0) is 13.8. The van der Waals surface area contributed by atoms with E-state index in [9.17, 15) is 0 Å². The average Bonchev–Trinajstić information content (AvgIpc) is 2.79. The van der Waals surface area contributed by atoms with Crippen LogP contribution in [-0.2, 0) is 32.7 Å². The monoisotopic (exact) mass is 361 g/mol. The van der Waals surface area contributed by atoms with Gasteiger partial charge >= 0.3 is 0 Å². The van der Waals surface area contributed by atoms with E-state index in [-0.39, 0.29) is 38.7 Å². The predicted octanol–water partition coefficient (Wildman–Crippen LogP) is 1.91. The summed E-state index contributed by atoms with van der Waals surface area (Å²) in [5.41, 5.74) is 13.2. The van der Waals surface area contributed by atoms with Crippen molar-refractivity contribution >= 4 is 23.0 Å². The minimum absolute atomic E-state index is 0. The van der Waals surface area contributed by atoms with Crippen molar-refractivity contribution < 1.29 is 32.7 Å². The van der Waals surface area contributed by atoms with Crippen LogP contribution >= 0.6 is 11.3 Å². The number of rotatable bonds is 3. The number of guanidine groups is 1. The molecule has 7 heteroatoms. The Morgan fingerprint density at radius 1 is 1.25 bits per heavy atom. The van der Waals surface area contributed by atoms with Gasteiger partial charge in [0.1, 0.15) is 0 Å². The summed E-state index contributed by atoms with van der Waals surface area (Å²) in [6, 6.07) is 10.7. The Labute approximate surface area is 147 Å². The normalized spacial score (nSPS) is 10.8. The first-order valence-electron chi connectivity index (χ1n) is 5.65. The van der Waals surface area contributed by atoms with Crippen molar-refractivity contribution in [3.8, 4) is 10.6 Å². The van der Waals surface area contributed by atoms with Gasteiger partial charge in [-0.2, -0.15) is 35.4 Å². The standard InChI is InChI=1S/C13H14N5S.Y/c1-8-11(9(2)17-18-13(14)15)19-12(16-8)10-6-4-3-5-7-10;/h4-7H,1-2H3,(H4,14,15,18);/q-1;/b17-9+;. The molecular weight excluding hydrogens is 347 g/mol. The van der Waals surface area contributed by atoms with Gasteiger partial charge in [-0.3, -0.25) is 0 Å². The van der Waals surface area contributed by atoms with Crippen LogP contribution in [-0.4, -0.2) is 16.7 Å². The van der Waals surface area contributed by atoms with Gasteiger partial charge in [-0.05, 0) is 13.8 Å². The smallest absolute Gasteiger partial charge is 0.211 e. The molecule has 0 aliphatic carbocycles. The number of hydrogen-bond acceptors (Lipinski definition) is 4. The van der Waals surface area contributed by atoms with Crippen molar-refractivity contribution in [3.63, 3.8) is 0 Å². The maximum atomic E-state index is 5.26. The third-order valence-corrected chi connectivity index (χ3v) is 3.72. The van der Waals surface area contributed by atoms with Crippen LogP contribution in [0.3, 0.4) is 0 Å². The largest absolute Gasteiger partial charge is 0.369 e. The average molecular weight is 361 g/mol. The van der Waals surface area contributed by atoms with E-state index >= 15 is 0 Å². The van der Waals surface area contributed by atoms with Gasteiger partial charge in [0.05, 0.1) is 21.3 Å². The summed E-state index contributed by atoms with van der Waals surface area (Å²) < 4.78 is 0. The Bertz CT molecular complexity index is 629. The van der Waals surface area contributed by atoms with Gasteiger partial charge < -0.3 is 11.5 Å². The summed E-state index contributed by atoms with van der Waals surface area (Å²) in [7, 11) is 0. The second-order valence-electron chi connectivity index (χ2n) is 3.93. The van der Waals surface area contributed by atoms with Crippen LogP contribution in [0.15, 0.2) is 34.5 Å². The Balaban J connectivity index is 0.00000200. The second kappa shape index (κ2) is 7.62. The quantitative estimate of drug-likeness (QED) is 0.379. The van der Waals surface area contributed by atoms with E-state index in [1.165, 1.54) is 0 Å². The van der Waals surface area contributed by atoms with Crippen molar-refractivity contribution in [3.05, 3.63) is 40.9 Å². The van der Waals surface area contributed by atoms with Crippen molar-refractivity contribution in [2.24, 2.45) is 21.7 Å². The molecule has 0 aliphatic rings. The van der Waals surface area contributed by atoms with E-state index in [4.69, 9.17) is 11.5 Å². The number of nitrogens with zero attached hydrogens (tertiary/aromatic N) is 3. The fourth-order valence-corrected chi connectivity index (χ4v) is 2.57. The van der Waals surface area contributed by atoms with Gasteiger partial charge in [0, 0.05) is 32.7 Å². The predicted molar refractivity (Wildman–Crippen MR) is 79.1 cm³/mol. The van der Waals surface area contributed by atoms with E-state index in [0.717, 1.165) is 26.9 Å². The maximum absolute atomic E-state index is 5.26. The molecule has 0 atom stereocenters. The zero-order valence-corrected chi connectivity index (χ0v) is 14.9. The first-order valence-corrected chi connectivity index (χ1v) is 6.47. The Kier molecular flexibility index (Phi) is 6.45. The third kappa shape index (κ3) is 4.20. The number of aryl methyl sites for hydroxylation is 1. The minimum Gasteiger partial charge on any atom is -0.369 e. The zero-order valence-electron chi connectivity index (χ0n) is 11.3. The van der Waals surface area contributed by atoms with Crippen LogP contribution < -0.4 is 11.5 Å². The summed E-state index contributed by atoms with van der Waals surface area (Å²) in [5.74, 6) is -0.0552. The van der Waals surface area contributed by atoms with Gasteiger partial charge in [0.25, 0.3) is 0 Å². The van der Waals surface area contributed by atoms with E-state index in [0.29, 0.717) is 0 Å². The van der Waals surface area contributed by atoms with E-state index < -0.39 is 0 Å². The molecule has 20 heavy (non-hydrogen) atoms. The van der Waals surface area contributed by atoms with Crippen LogP contribution in [0.1, 0.15) is 17.5 Å². The Hall–Kier alpha value is -1.11. The molecule has 0 saturated heterocycles. The van der Waals surface area contributed by atoms with Crippen LogP contribution in [0.5, 0.6) is 0 Å². The first-order chi connectivity index (χ1) is 9.08. The van der Waals surface area contributed by atoms with Gasteiger partial charge in [-0.15, -0.1) is 16.4 Å². The van der Waals surface area contributed by atoms with Gasteiger partial charge in [0.15, 0.2) is 0 Å². The molecule has 0 bridgehead atoms. The topological polar surface area (TPSA) is 89.6 Å². The fraction of sp³-hybridized carbons (Fsp3) is 0.154. The van der Waals surface area contributed by atoms with Crippen LogP contribution in [0.2, 0.25) is 0 Å². The molecule has 0 saturated carbocycles. The molecule has 2 aromatic rings. The molecule has 1 radical (unpaired) electrons. The fourth-order valence-electron chi connectivity index (χ4n) is 1.56. The molecule has 5 nitrogen and oxygen atoms in total. The molecule has 1 heterocycles. The van der Waals surface area contributed by atoms with E-state index in [1.54, 1.807) is 11.3 Å². The summed E-state index contributed by atoms with van der Waals surface area (Å²) in [6.07, 6.45) is 0. The van der Waals surface area contributed by atoms with Crippen molar-refractivity contribution in [1.82, 2.24) is 4.98 Å². The molecule has 4 N–H and O–H groups in total. The van der Waals surface area contributed by atoms with E-state index in [2.05, 4.69) is 21.3 Å². The van der Waals surface area contributed by atoms with Gasteiger partial charge in [-0.25, -0.2) is 4.98 Å². The molecule has 0 aliphatic heterocycles. The SMILES string of the molecule is C/C(=N\N=C(N)N)c1sc(-c2cc[c-]cc2)nc1C.[Y]. The maximum Gasteiger partial charge on any atom is 0.211 e. The van der Waals surface area contributed by atoms with E-state index in [1.807, 2.05) is 38.1 Å². The van der Waals surface area contributed by atoms with Crippen molar-refractivity contribution in [2.45, 2.75) is 13.8 Å².